The topological polar surface area (TPSA) is 76.7 Å². The van der Waals surface area contributed by atoms with Gasteiger partial charge in [-0.2, -0.15) is 0 Å². The van der Waals surface area contributed by atoms with Crippen molar-refractivity contribution in [3.05, 3.63) is 58.7 Å². The second kappa shape index (κ2) is 8.92. The molecule has 7 heteroatoms. The number of rotatable bonds is 6. The molecule has 0 saturated carbocycles. The molecule has 2 amide bonds. The van der Waals surface area contributed by atoms with Crippen molar-refractivity contribution in [2.24, 2.45) is 0 Å². The van der Waals surface area contributed by atoms with Crippen molar-refractivity contribution in [1.82, 2.24) is 5.32 Å². The predicted molar refractivity (Wildman–Crippen MR) is 101 cm³/mol. The van der Waals surface area contributed by atoms with Gasteiger partial charge in [-0.1, -0.05) is 29.8 Å². The van der Waals surface area contributed by atoms with E-state index in [2.05, 4.69) is 10.6 Å². The van der Waals surface area contributed by atoms with Gasteiger partial charge in [-0.15, -0.1) is 0 Å². The minimum absolute atomic E-state index is 0.0737. The fraction of sp³-hybridized carbons (Fsp3) is 0.158. The second-order valence-corrected chi connectivity index (χ2v) is 5.69. The number of methoxy groups -OCH3 is 2. The Hall–Kier alpha value is -2.99. The normalized spacial score (nSPS) is 10.8. The molecule has 0 fully saturated rings. The summed E-state index contributed by atoms with van der Waals surface area (Å²) < 4.78 is 10.4. The van der Waals surface area contributed by atoms with Gasteiger partial charge in [0.15, 0.2) is 11.5 Å². The summed E-state index contributed by atoms with van der Waals surface area (Å²) in [6.07, 6.45) is 1.54. The average Bonchev–Trinajstić information content (AvgIpc) is 2.62. The number of carbonyl (C=O) groups excluding carboxylic acids is 2. The van der Waals surface area contributed by atoms with Crippen LogP contribution in [0.2, 0.25) is 5.02 Å². The quantitative estimate of drug-likeness (QED) is 0.759. The Morgan fingerprint density at radius 2 is 1.73 bits per heavy atom. The number of hydrogen-bond donors (Lipinski definition) is 2. The molecule has 0 bridgehead atoms. The largest absolute Gasteiger partial charge is 0.493 e. The molecule has 0 atom stereocenters. The zero-order valence-electron chi connectivity index (χ0n) is 14.6. The minimum Gasteiger partial charge on any atom is -0.493 e. The number of carbonyl (C=O) groups is 2. The number of hydrogen-bond acceptors (Lipinski definition) is 4. The van der Waals surface area contributed by atoms with Crippen LogP contribution < -0.4 is 20.1 Å². The average molecular weight is 375 g/mol. The molecule has 0 unspecified atom stereocenters. The van der Waals surface area contributed by atoms with Crippen molar-refractivity contribution >= 4 is 35.2 Å². The molecule has 0 heterocycles. The van der Waals surface area contributed by atoms with Gasteiger partial charge in [0.25, 0.3) is 5.91 Å². The molecular weight excluding hydrogens is 356 g/mol. The lowest BCUT2D eigenvalue weighted by molar-refractivity contribution is -0.120. The number of halogens is 1. The van der Waals surface area contributed by atoms with Crippen LogP contribution in [0.5, 0.6) is 11.5 Å². The highest BCUT2D eigenvalue weighted by atomic mass is 35.5. The summed E-state index contributed by atoms with van der Waals surface area (Å²) in [5.74, 6) is 0.204. The van der Waals surface area contributed by atoms with E-state index in [1.165, 1.54) is 27.2 Å². The molecule has 2 rings (SSSR count). The van der Waals surface area contributed by atoms with Gasteiger partial charge in [-0.25, -0.2) is 0 Å². The molecule has 2 aromatic carbocycles. The molecule has 2 aromatic rings. The monoisotopic (exact) mass is 374 g/mol. The van der Waals surface area contributed by atoms with E-state index in [0.29, 0.717) is 27.8 Å². The van der Waals surface area contributed by atoms with Gasteiger partial charge in [0, 0.05) is 6.92 Å². The maximum Gasteiger partial charge on any atom is 0.272 e. The summed E-state index contributed by atoms with van der Waals surface area (Å²) >= 11 is 6.06. The number of anilines is 1. The van der Waals surface area contributed by atoms with Crippen LogP contribution in [0.15, 0.2) is 48.2 Å². The summed E-state index contributed by atoms with van der Waals surface area (Å²) in [6.45, 7) is 1.32. The summed E-state index contributed by atoms with van der Waals surface area (Å²) in [4.78, 5) is 24.1. The van der Waals surface area contributed by atoms with Crippen molar-refractivity contribution in [2.45, 2.75) is 6.92 Å². The summed E-state index contributed by atoms with van der Waals surface area (Å²) in [5, 5.41) is 5.60. The summed E-state index contributed by atoms with van der Waals surface area (Å²) in [6, 6.07) is 12.0. The number of nitrogens with one attached hydrogen (secondary N) is 2. The Balaban J connectivity index is 2.34. The predicted octanol–water partition coefficient (Wildman–Crippen LogP) is 3.47. The molecule has 0 radical (unpaired) electrons. The standard InChI is InChI=1S/C19H19ClN2O4/c1-12(23)21-16(19(24)22-15-7-5-4-6-14(15)20)10-13-8-9-17(25-2)18(11-13)26-3/h4-11H,1-3H3,(H,21,23)(H,22,24)/b16-10+. The Morgan fingerprint density at radius 1 is 1.04 bits per heavy atom. The van der Waals surface area contributed by atoms with Gasteiger partial charge in [0.05, 0.1) is 24.9 Å². The van der Waals surface area contributed by atoms with Gasteiger partial charge < -0.3 is 20.1 Å². The van der Waals surface area contributed by atoms with Gasteiger partial charge in [-0.3, -0.25) is 9.59 Å². The highest BCUT2D eigenvalue weighted by Crippen LogP contribution is 2.28. The van der Waals surface area contributed by atoms with E-state index in [0.717, 1.165) is 0 Å². The van der Waals surface area contributed by atoms with Crippen molar-refractivity contribution in [3.8, 4) is 11.5 Å². The Bertz CT molecular complexity index is 849. The first-order valence-corrected chi connectivity index (χ1v) is 8.09. The molecule has 0 spiro atoms. The van der Waals surface area contributed by atoms with Crippen molar-refractivity contribution in [2.75, 3.05) is 19.5 Å². The van der Waals surface area contributed by atoms with Gasteiger partial charge >= 0.3 is 0 Å². The smallest absolute Gasteiger partial charge is 0.272 e. The van der Waals surface area contributed by atoms with E-state index in [1.807, 2.05) is 0 Å². The van der Waals surface area contributed by atoms with E-state index in [1.54, 1.807) is 42.5 Å². The third-order valence-electron chi connectivity index (χ3n) is 3.40. The molecule has 26 heavy (non-hydrogen) atoms. The minimum atomic E-state index is -0.497. The van der Waals surface area contributed by atoms with Crippen molar-refractivity contribution in [3.63, 3.8) is 0 Å². The zero-order valence-corrected chi connectivity index (χ0v) is 15.4. The highest BCUT2D eigenvalue weighted by molar-refractivity contribution is 6.34. The molecule has 0 aliphatic heterocycles. The third-order valence-corrected chi connectivity index (χ3v) is 3.73. The fourth-order valence-electron chi connectivity index (χ4n) is 2.21. The first kappa shape index (κ1) is 19.3. The third kappa shape index (κ3) is 5.00. The number of ether oxygens (including phenoxy) is 2. The molecule has 0 aromatic heterocycles. The highest BCUT2D eigenvalue weighted by Gasteiger charge is 2.14. The molecule has 0 saturated heterocycles. The van der Waals surface area contributed by atoms with Gasteiger partial charge in [0.2, 0.25) is 5.91 Å². The maximum atomic E-state index is 12.6. The second-order valence-electron chi connectivity index (χ2n) is 5.29. The van der Waals surface area contributed by atoms with Crippen LogP contribution in [-0.2, 0) is 9.59 Å². The first-order chi connectivity index (χ1) is 12.4. The van der Waals surface area contributed by atoms with E-state index >= 15 is 0 Å². The van der Waals surface area contributed by atoms with Crippen LogP contribution in [0.3, 0.4) is 0 Å². The van der Waals surface area contributed by atoms with Crippen LogP contribution in [-0.4, -0.2) is 26.0 Å². The van der Waals surface area contributed by atoms with Crippen LogP contribution in [0.4, 0.5) is 5.69 Å². The van der Waals surface area contributed by atoms with Crippen LogP contribution in [0.25, 0.3) is 6.08 Å². The Morgan fingerprint density at radius 3 is 2.35 bits per heavy atom. The van der Waals surface area contributed by atoms with Gasteiger partial charge in [0.1, 0.15) is 5.70 Å². The summed E-state index contributed by atoms with van der Waals surface area (Å²) in [5.41, 5.74) is 1.17. The lowest BCUT2D eigenvalue weighted by Crippen LogP contribution is -2.29. The first-order valence-electron chi connectivity index (χ1n) is 7.71. The molecular formula is C19H19ClN2O4. The van der Waals surface area contributed by atoms with E-state index in [-0.39, 0.29) is 11.6 Å². The molecule has 6 nitrogen and oxygen atoms in total. The van der Waals surface area contributed by atoms with Crippen LogP contribution in [0.1, 0.15) is 12.5 Å². The summed E-state index contributed by atoms with van der Waals surface area (Å²) in [7, 11) is 3.05. The number of benzene rings is 2. The lowest BCUT2D eigenvalue weighted by Gasteiger charge is -2.12. The van der Waals surface area contributed by atoms with Gasteiger partial charge in [-0.05, 0) is 35.9 Å². The molecule has 2 N–H and O–H groups in total. The number of amides is 2. The number of para-hydroxylation sites is 1. The maximum absolute atomic E-state index is 12.6. The molecule has 0 aliphatic rings. The van der Waals surface area contributed by atoms with Crippen LogP contribution >= 0.6 is 11.6 Å². The van der Waals surface area contributed by atoms with E-state index in [9.17, 15) is 9.59 Å². The van der Waals surface area contributed by atoms with E-state index in [4.69, 9.17) is 21.1 Å². The molecule has 0 aliphatic carbocycles. The Labute approximate surface area is 156 Å². The Kier molecular flexibility index (Phi) is 6.63. The van der Waals surface area contributed by atoms with E-state index < -0.39 is 5.91 Å². The van der Waals surface area contributed by atoms with Crippen LogP contribution in [0, 0.1) is 0 Å². The fourth-order valence-corrected chi connectivity index (χ4v) is 2.39. The van der Waals surface area contributed by atoms with Crippen molar-refractivity contribution < 1.29 is 19.1 Å². The van der Waals surface area contributed by atoms with Crippen molar-refractivity contribution in [1.29, 1.82) is 0 Å². The zero-order chi connectivity index (χ0) is 19.1. The lowest BCUT2D eigenvalue weighted by atomic mass is 10.1. The SMILES string of the molecule is COc1ccc(/C=C(/NC(C)=O)C(=O)Nc2ccccc2Cl)cc1OC. The molecule has 136 valence electrons.